The van der Waals surface area contributed by atoms with Gasteiger partial charge in [0, 0.05) is 4.83 Å². The van der Waals surface area contributed by atoms with Gasteiger partial charge in [-0.25, -0.2) is 8.78 Å². The van der Waals surface area contributed by atoms with Crippen molar-refractivity contribution in [3.63, 3.8) is 0 Å². The molecule has 100 valence electrons. The Morgan fingerprint density at radius 2 is 1.89 bits per heavy atom. The molecule has 1 saturated carbocycles. The van der Waals surface area contributed by atoms with Crippen LogP contribution >= 0.6 is 15.9 Å². The zero-order chi connectivity index (χ0) is 13.2. The van der Waals surface area contributed by atoms with Crippen LogP contribution in [0.15, 0.2) is 18.2 Å². The molecular formula is C15H19BrF2. The highest BCUT2D eigenvalue weighted by molar-refractivity contribution is 9.09. The lowest BCUT2D eigenvalue weighted by Gasteiger charge is -2.38. The average Bonchev–Trinajstić information content (AvgIpc) is 2.36. The van der Waals surface area contributed by atoms with Gasteiger partial charge in [-0.05, 0) is 36.3 Å². The molecule has 1 atom stereocenters. The maximum atomic E-state index is 13.7. The molecule has 0 nitrogen and oxygen atoms in total. The standard InChI is InChI=1S/C15H19BrF2/c1-15(8-3-2-4-9-15)13(16)10-11-6-5-7-12(17)14(11)18/h5-7,13H,2-4,8-10H2,1H3. The van der Waals surface area contributed by atoms with Gasteiger partial charge in [-0.3, -0.25) is 0 Å². The summed E-state index contributed by atoms with van der Waals surface area (Å²) in [5.74, 6) is -1.44. The Morgan fingerprint density at radius 3 is 2.56 bits per heavy atom. The highest BCUT2D eigenvalue weighted by Gasteiger charge is 2.34. The third kappa shape index (κ3) is 2.93. The van der Waals surface area contributed by atoms with E-state index in [2.05, 4.69) is 22.9 Å². The first-order valence-electron chi connectivity index (χ1n) is 6.60. The van der Waals surface area contributed by atoms with E-state index in [0.29, 0.717) is 12.0 Å². The second-order valence-electron chi connectivity index (χ2n) is 5.60. The topological polar surface area (TPSA) is 0 Å². The molecule has 0 heterocycles. The predicted octanol–water partition coefficient (Wildman–Crippen LogP) is 5.24. The van der Waals surface area contributed by atoms with Crippen LogP contribution in [0.3, 0.4) is 0 Å². The number of hydrogen-bond acceptors (Lipinski definition) is 0. The van der Waals surface area contributed by atoms with Crippen LogP contribution in [0.2, 0.25) is 0 Å². The van der Waals surface area contributed by atoms with E-state index in [-0.39, 0.29) is 10.2 Å². The first-order chi connectivity index (χ1) is 8.53. The van der Waals surface area contributed by atoms with Crippen LogP contribution in [0, 0.1) is 17.0 Å². The predicted molar refractivity (Wildman–Crippen MR) is 74.0 cm³/mol. The minimum atomic E-state index is -0.749. The maximum Gasteiger partial charge on any atom is 0.162 e. The fraction of sp³-hybridized carbons (Fsp3) is 0.600. The van der Waals surface area contributed by atoms with E-state index < -0.39 is 11.6 Å². The van der Waals surface area contributed by atoms with E-state index in [1.165, 1.54) is 38.2 Å². The third-order valence-corrected chi connectivity index (χ3v) is 5.61. The van der Waals surface area contributed by atoms with E-state index in [1.54, 1.807) is 12.1 Å². The summed E-state index contributed by atoms with van der Waals surface area (Å²) in [6, 6.07) is 4.43. The zero-order valence-electron chi connectivity index (χ0n) is 10.7. The van der Waals surface area contributed by atoms with Crippen LogP contribution < -0.4 is 0 Å². The van der Waals surface area contributed by atoms with Crippen LogP contribution in [0.4, 0.5) is 8.78 Å². The second kappa shape index (κ2) is 5.68. The molecular weight excluding hydrogens is 298 g/mol. The summed E-state index contributed by atoms with van der Waals surface area (Å²) in [6.07, 6.45) is 6.66. The molecule has 2 rings (SSSR count). The van der Waals surface area contributed by atoms with Gasteiger partial charge in [-0.15, -0.1) is 0 Å². The third-order valence-electron chi connectivity index (χ3n) is 4.18. The summed E-state index contributed by atoms with van der Waals surface area (Å²) in [6.45, 7) is 2.25. The molecule has 1 aromatic carbocycles. The smallest absolute Gasteiger partial charge is 0.162 e. The van der Waals surface area contributed by atoms with E-state index >= 15 is 0 Å². The first kappa shape index (κ1) is 14.0. The number of benzene rings is 1. The van der Waals surface area contributed by atoms with Gasteiger partial charge in [0.1, 0.15) is 0 Å². The number of alkyl halides is 1. The summed E-state index contributed by atoms with van der Waals surface area (Å²) < 4.78 is 26.8. The van der Waals surface area contributed by atoms with Crippen molar-refractivity contribution >= 4 is 15.9 Å². The Balaban J connectivity index is 2.10. The van der Waals surface area contributed by atoms with Crippen molar-refractivity contribution in [2.24, 2.45) is 5.41 Å². The molecule has 1 aliphatic carbocycles. The van der Waals surface area contributed by atoms with Crippen LogP contribution in [-0.2, 0) is 6.42 Å². The normalized spacial score (nSPS) is 20.7. The Labute approximate surface area is 116 Å². The van der Waals surface area contributed by atoms with Crippen LogP contribution in [0.5, 0.6) is 0 Å². The molecule has 1 unspecified atom stereocenters. The summed E-state index contributed by atoms with van der Waals surface area (Å²) in [4.78, 5) is 0.210. The van der Waals surface area contributed by atoms with Crippen molar-refractivity contribution in [2.45, 2.75) is 50.3 Å². The van der Waals surface area contributed by atoms with Gasteiger partial charge in [-0.2, -0.15) is 0 Å². The maximum absolute atomic E-state index is 13.7. The second-order valence-corrected chi connectivity index (χ2v) is 6.70. The highest BCUT2D eigenvalue weighted by Crippen LogP contribution is 2.43. The van der Waals surface area contributed by atoms with Crippen molar-refractivity contribution in [2.75, 3.05) is 0 Å². The molecule has 3 heteroatoms. The summed E-state index contributed by atoms with van der Waals surface area (Å²) in [5, 5.41) is 0. The molecule has 1 fully saturated rings. The lowest BCUT2D eigenvalue weighted by atomic mass is 9.72. The monoisotopic (exact) mass is 316 g/mol. The minimum Gasteiger partial charge on any atom is -0.204 e. The van der Waals surface area contributed by atoms with Gasteiger partial charge in [0.2, 0.25) is 0 Å². The van der Waals surface area contributed by atoms with Crippen molar-refractivity contribution in [1.82, 2.24) is 0 Å². The van der Waals surface area contributed by atoms with Gasteiger partial charge in [0.25, 0.3) is 0 Å². The average molecular weight is 317 g/mol. The minimum absolute atomic E-state index is 0.205. The molecule has 0 N–H and O–H groups in total. The zero-order valence-corrected chi connectivity index (χ0v) is 12.3. The molecule has 18 heavy (non-hydrogen) atoms. The first-order valence-corrected chi connectivity index (χ1v) is 7.51. The molecule has 0 saturated heterocycles. The van der Waals surface area contributed by atoms with Gasteiger partial charge >= 0.3 is 0 Å². The van der Waals surface area contributed by atoms with Crippen LogP contribution in [-0.4, -0.2) is 4.83 Å². The van der Waals surface area contributed by atoms with Gasteiger partial charge in [0.15, 0.2) is 11.6 Å². The summed E-state index contributed by atoms with van der Waals surface area (Å²) in [5.41, 5.74) is 0.681. The molecule has 0 spiro atoms. The molecule has 0 amide bonds. The molecule has 1 aliphatic rings. The van der Waals surface area contributed by atoms with Crippen LogP contribution in [0.1, 0.15) is 44.6 Å². The van der Waals surface area contributed by atoms with Gasteiger partial charge < -0.3 is 0 Å². The molecule has 1 aromatic rings. The number of halogens is 3. The van der Waals surface area contributed by atoms with Gasteiger partial charge in [0.05, 0.1) is 0 Å². The SMILES string of the molecule is CC1(C(Br)Cc2cccc(F)c2F)CCCCC1. The Kier molecular flexibility index (Phi) is 4.41. The van der Waals surface area contributed by atoms with E-state index in [4.69, 9.17) is 0 Å². The lowest BCUT2D eigenvalue weighted by molar-refractivity contribution is 0.210. The van der Waals surface area contributed by atoms with E-state index in [0.717, 1.165) is 0 Å². The van der Waals surface area contributed by atoms with Crippen molar-refractivity contribution in [3.05, 3.63) is 35.4 Å². The Morgan fingerprint density at radius 1 is 1.22 bits per heavy atom. The van der Waals surface area contributed by atoms with Crippen molar-refractivity contribution in [3.8, 4) is 0 Å². The van der Waals surface area contributed by atoms with E-state index in [1.807, 2.05) is 0 Å². The lowest BCUT2D eigenvalue weighted by Crippen LogP contribution is -2.32. The van der Waals surface area contributed by atoms with E-state index in [9.17, 15) is 8.78 Å². The van der Waals surface area contributed by atoms with Crippen LogP contribution in [0.25, 0.3) is 0 Å². The number of rotatable bonds is 3. The van der Waals surface area contributed by atoms with Crippen molar-refractivity contribution < 1.29 is 8.78 Å². The fourth-order valence-corrected chi connectivity index (χ4v) is 3.62. The van der Waals surface area contributed by atoms with Gasteiger partial charge in [-0.1, -0.05) is 54.2 Å². The van der Waals surface area contributed by atoms with Crippen molar-refractivity contribution in [1.29, 1.82) is 0 Å². The summed E-state index contributed by atoms with van der Waals surface area (Å²) >= 11 is 3.70. The molecule has 0 bridgehead atoms. The Hall–Kier alpha value is -0.440. The molecule has 0 aliphatic heterocycles. The summed E-state index contributed by atoms with van der Waals surface area (Å²) in [7, 11) is 0. The highest BCUT2D eigenvalue weighted by atomic mass is 79.9. The quantitative estimate of drug-likeness (QED) is 0.669. The molecule has 0 aromatic heterocycles. The molecule has 0 radical (unpaired) electrons. The largest absolute Gasteiger partial charge is 0.204 e. The fourth-order valence-electron chi connectivity index (χ4n) is 2.82. The number of hydrogen-bond donors (Lipinski definition) is 0. The Bertz CT molecular complexity index is 411.